The molecule has 0 aliphatic carbocycles. The molecule has 0 saturated heterocycles. The Labute approximate surface area is 185 Å². The van der Waals surface area contributed by atoms with Gasteiger partial charge in [0.2, 0.25) is 0 Å². The van der Waals surface area contributed by atoms with Gasteiger partial charge in [0.05, 0.1) is 32.5 Å². The molecule has 2 amide bonds. The van der Waals surface area contributed by atoms with E-state index in [-0.39, 0.29) is 25.4 Å². The largest absolute Gasteiger partial charge is 0.450 e. The number of aliphatic hydroxyl groups excluding tert-OH is 2. The van der Waals surface area contributed by atoms with Crippen LogP contribution in [0.3, 0.4) is 0 Å². The molecule has 0 radical (unpaired) electrons. The van der Waals surface area contributed by atoms with Gasteiger partial charge in [-0.25, -0.2) is 5.48 Å². The fourth-order valence-corrected chi connectivity index (χ4v) is 2.52. The molecular weight excluding hydrogens is 420 g/mol. The SMILES string of the molecule is C[C@H](O)[C@H](NC(=O)c1ccc(C#Cc2ccc(COCCOCCO)o2)cc1)C(=O)NO. The molecule has 10 nitrogen and oxygen atoms in total. The molecule has 0 aliphatic rings. The van der Waals surface area contributed by atoms with Crippen molar-refractivity contribution in [1.82, 2.24) is 10.8 Å². The van der Waals surface area contributed by atoms with Crippen molar-refractivity contribution < 1.29 is 38.9 Å². The summed E-state index contributed by atoms with van der Waals surface area (Å²) in [6.45, 7) is 2.61. The van der Waals surface area contributed by atoms with Crippen LogP contribution in [-0.4, -0.2) is 65.8 Å². The average molecular weight is 446 g/mol. The van der Waals surface area contributed by atoms with Crippen LogP contribution in [0.15, 0.2) is 40.8 Å². The van der Waals surface area contributed by atoms with Crippen LogP contribution < -0.4 is 10.8 Å². The Morgan fingerprint density at radius 2 is 1.78 bits per heavy atom. The third-order valence-electron chi connectivity index (χ3n) is 4.15. The Kier molecular flexibility index (Phi) is 10.4. The van der Waals surface area contributed by atoms with Gasteiger partial charge < -0.3 is 29.4 Å². The molecule has 5 N–H and O–H groups in total. The second-order valence-electron chi connectivity index (χ2n) is 6.65. The number of hydroxylamine groups is 1. The molecule has 2 rings (SSSR count). The zero-order valence-corrected chi connectivity index (χ0v) is 17.5. The van der Waals surface area contributed by atoms with Gasteiger partial charge in [0, 0.05) is 11.1 Å². The first-order valence-electron chi connectivity index (χ1n) is 9.84. The first-order chi connectivity index (χ1) is 15.4. The zero-order valence-electron chi connectivity index (χ0n) is 17.5. The number of ether oxygens (including phenoxy) is 2. The fourth-order valence-electron chi connectivity index (χ4n) is 2.52. The Morgan fingerprint density at radius 3 is 2.44 bits per heavy atom. The van der Waals surface area contributed by atoms with Gasteiger partial charge in [-0.2, -0.15) is 0 Å². The quantitative estimate of drug-likeness (QED) is 0.142. The maximum absolute atomic E-state index is 12.3. The molecule has 2 aromatic rings. The predicted molar refractivity (Wildman–Crippen MR) is 112 cm³/mol. The Balaban J connectivity index is 1.89. The van der Waals surface area contributed by atoms with Crippen molar-refractivity contribution in [1.29, 1.82) is 0 Å². The minimum Gasteiger partial charge on any atom is -0.450 e. The fraction of sp³-hybridized carbons (Fsp3) is 0.364. The highest BCUT2D eigenvalue weighted by molar-refractivity contribution is 5.97. The number of benzene rings is 1. The van der Waals surface area contributed by atoms with Gasteiger partial charge >= 0.3 is 0 Å². The number of hydrogen-bond acceptors (Lipinski definition) is 8. The summed E-state index contributed by atoms with van der Waals surface area (Å²) in [4.78, 5) is 23.8. The molecule has 0 spiro atoms. The minimum absolute atomic E-state index is 0.0249. The van der Waals surface area contributed by atoms with Crippen LogP contribution in [0.1, 0.15) is 34.4 Å². The van der Waals surface area contributed by atoms with E-state index in [1.807, 2.05) is 0 Å². The molecule has 172 valence electrons. The predicted octanol–water partition coefficient (Wildman–Crippen LogP) is 0.190. The van der Waals surface area contributed by atoms with E-state index in [4.69, 9.17) is 24.2 Å². The smallest absolute Gasteiger partial charge is 0.268 e. The Hall–Kier alpha value is -3.20. The van der Waals surface area contributed by atoms with E-state index in [9.17, 15) is 14.7 Å². The summed E-state index contributed by atoms with van der Waals surface area (Å²) in [6.07, 6.45) is -1.19. The molecular formula is C22H26N2O8. The summed E-state index contributed by atoms with van der Waals surface area (Å²) < 4.78 is 16.1. The summed E-state index contributed by atoms with van der Waals surface area (Å²) in [7, 11) is 0. The second-order valence-corrected chi connectivity index (χ2v) is 6.65. The van der Waals surface area contributed by atoms with Crippen molar-refractivity contribution in [3.63, 3.8) is 0 Å². The van der Waals surface area contributed by atoms with Crippen LogP contribution in [0.4, 0.5) is 0 Å². The monoisotopic (exact) mass is 446 g/mol. The molecule has 0 saturated carbocycles. The van der Waals surface area contributed by atoms with E-state index in [1.54, 1.807) is 24.3 Å². The molecule has 10 heteroatoms. The molecule has 32 heavy (non-hydrogen) atoms. The first kappa shape index (κ1) is 25.1. The van der Waals surface area contributed by atoms with Crippen LogP contribution in [0.25, 0.3) is 0 Å². The van der Waals surface area contributed by atoms with E-state index < -0.39 is 24.0 Å². The van der Waals surface area contributed by atoms with Gasteiger partial charge in [0.15, 0.2) is 5.76 Å². The number of carbonyl (C=O) groups excluding carboxylic acids is 2. The van der Waals surface area contributed by atoms with Crippen LogP contribution in [0.5, 0.6) is 0 Å². The number of furan rings is 1. The number of nitrogens with one attached hydrogen (secondary N) is 2. The highest BCUT2D eigenvalue weighted by Crippen LogP contribution is 2.09. The van der Waals surface area contributed by atoms with Crippen molar-refractivity contribution >= 4 is 11.8 Å². The number of aliphatic hydroxyl groups is 2. The third kappa shape index (κ3) is 8.14. The van der Waals surface area contributed by atoms with Crippen molar-refractivity contribution in [2.75, 3.05) is 26.4 Å². The molecule has 1 heterocycles. The lowest BCUT2D eigenvalue weighted by atomic mass is 10.1. The standard InChI is InChI=1S/C22H26N2O8/c1-15(26)20(22(28)24-29)23-21(27)17-5-2-16(3-6-17)4-7-18-8-9-19(32-18)14-31-13-12-30-11-10-25/h2-3,5-6,8-9,15,20,25-26,29H,10-14H2,1H3,(H,23,27)(H,24,28)/t15-,20-/m0/s1. The molecule has 1 aromatic heterocycles. The van der Waals surface area contributed by atoms with Gasteiger partial charge in [-0.05, 0) is 49.2 Å². The second kappa shape index (κ2) is 13.3. The molecule has 0 unspecified atom stereocenters. The molecule has 2 atom stereocenters. The average Bonchev–Trinajstić information content (AvgIpc) is 3.25. The summed E-state index contributed by atoms with van der Waals surface area (Å²) >= 11 is 0. The normalized spacial score (nSPS) is 12.4. The van der Waals surface area contributed by atoms with Gasteiger partial charge in [-0.3, -0.25) is 14.8 Å². The lowest BCUT2D eigenvalue weighted by Crippen LogP contribution is -2.51. The Bertz CT molecular complexity index is 927. The molecule has 1 aromatic carbocycles. The van der Waals surface area contributed by atoms with Crippen LogP contribution in [-0.2, 0) is 20.9 Å². The van der Waals surface area contributed by atoms with E-state index >= 15 is 0 Å². The Morgan fingerprint density at radius 1 is 1.06 bits per heavy atom. The zero-order chi connectivity index (χ0) is 23.3. The highest BCUT2D eigenvalue weighted by atomic mass is 16.5. The number of carbonyl (C=O) groups is 2. The van der Waals surface area contributed by atoms with Crippen molar-refractivity contribution in [3.05, 3.63) is 59.0 Å². The van der Waals surface area contributed by atoms with Crippen molar-refractivity contribution in [2.45, 2.75) is 25.7 Å². The van der Waals surface area contributed by atoms with Gasteiger partial charge in [-0.1, -0.05) is 5.92 Å². The first-order valence-corrected chi connectivity index (χ1v) is 9.84. The number of amides is 2. The van der Waals surface area contributed by atoms with E-state index in [0.717, 1.165) is 0 Å². The lowest BCUT2D eigenvalue weighted by molar-refractivity contribution is -0.133. The van der Waals surface area contributed by atoms with Gasteiger partial charge in [0.1, 0.15) is 18.4 Å². The summed E-state index contributed by atoms with van der Waals surface area (Å²) in [5, 5.41) is 29.3. The molecule has 0 aliphatic heterocycles. The van der Waals surface area contributed by atoms with Gasteiger partial charge in [0.25, 0.3) is 11.8 Å². The van der Waals surface area contributed by atoms with E-state index in [0.29, 0.717) is 30.3 Å². The van der Waals surface area contributed by atoms with Crippen LogP contribution in [0.2, 0.25) is 0 Å². The van der Waals surface area contributed by atoms with Gasteiger partial charge in [-0.15, -0.1) is 0 Å². The highest BCUT2D eigenvalue weighted by Gasteiger charge is 2.25. The maximum atomic E-state index is 12.3. The number of rotatable bonds is 11. The van der Waals surface area contributed by atoms with Crippen molar-refractivity contribution in [3.8, 4) is 11.8 Å². The number of hydrogen-bond donors (Lipinski definition) is 5. The van der Waals surface area contributed by atoms with E-state index in [2.05, 4.69) is 17.2 Å². The summed E-state index contributed by atoms with van der Waals surface area (Å²) in [6, 6.07) is 8.49. The summed E-state index contributed by atoms with van der Waals surface area (Å²) in [5.74, 6) is 5.36. The van der Waals surface area contributed by atoms with Crippen LogP contribution in [0, 0.1) is 11.8 Å². The summed E-state index contributed by atoms with van der Waals surface area (Å²) in [5.41, 5.74) is 2.30. The molecule has 0 fully saturated rings. The van der Waals surface area contributed by atoms with Crippen LogP contribution >= 0.6 is 0 Å². The van der Waals surface area contributed by atoms with E-state index in [1.165, 1.54) is 24.5 Å². The maximum Gasteiger partial charge on any atom is 0.268 e. The minimum atomic E-state index is -1.29. The topological polar surface area (TPSA) is 150 Å². The van der Waals surface area contributed by atoms with Crippen molar-refractivity contribution in [2.24, 2.45) is 0 Å². The third-order valence-corrected chi connectivity index (χ3v) is 4.15. The molecule has 0 bridgehead atoms. The lowest BCUT2D eigenvalue weighted by Gasteiger charge is -2.19.